The number of halogens is 2. The molecule has 0 radical (unpaired) electrons. The van der Waals surface area contributed by atoms with Crippen molar-refractivity contribution in [3.05, 3.63) is 77.9 Å². The minimum Gasteiger partial charge on any atom is -0.462 e. The third-order valence-electron chi connectivity index (χ3n) is 3.24. The molecule has 22 heavy (non-hydrogen) atoms. The van der Waals surface area contributed by atoms with Crippen LogP contribution in [0.2, 0.25) is 0 Å². The number of carbonyl (C=O) groups excluding carboxylic acids is 1. The monoisotopic (exact) mass is 302 g/mol. The highest BCUT2D eigenvalue weighted by molar-refractivity contribution is 5.89. The lowest BCUT2D eigenvalue weighted by Gasteiger charge is -2.20. The maximum Gasteiger partial charge on any atom is 0.338 e. The van der Waals surface area contributed by atoms with E-state index in [0.717, 1.165) is 6.07 Å². The fraction of sp³-hybridized carbons (Fsp3) is 0.167. The van der Waals surface area contributed by atoms with Gasteiger partial charge in [-0.05, 0) is 24.6 Å². The molecule has 2 aromatic carbocycles. The molecule has 2 nitrogen and oxygen atoms in total. The van der Waals surface area contributed by atoms with E-state index in [2.05, 4.69) is 6.58 Å². The zero-order valence-corrected chi connectivity index (χ0v) is 12.2. The molecule has 114 valence electrons. The van der Waals surface area contributed by atoms with Crippen LogP contribution in [0.3, 0.4) is 0 Å². The number of hydrogen-bond donors (Lipinski definition) is 0. The van der Waals surface area contributed by atoms with Crippen molar-refractivity contribution in [1.29, 1.82) is 0 Å². The molecular weight excluding hydrogens is 286 g/mol. The Labute approximate surface area is 128 Å². The lowest BCUT2D eigenvalue weighted by atomic mass is 9.94. The van der Waals surface area contributed by atoms with E-state index in [1.54, 1.807) is 37.3 Å². The van der Waals surface area contributed by atoms with Crippen LogP contribution in [0.4, 0.5) is 8.78 Å². The first-order valence-corrected chi connectivity index (χ1v) is 6.87. The summed E-state index contributed by atoms with van der Waals surface area (Å²) in [5.74, 6) is -3.89. The molecule has 0 unspecified atom stereocenters. The van der Waals surface area contributed by atoms with Crippen LogP contribution in [0.5, 0.6) is 0 Å². The highest BCUT2D eigenvalue weighted by Gasteiger charge is 2.36. The van der Waals surface area contributed by atoms with E-state index in [9.17, 15) is 13.6 Å². The SMILES string of the molecule is C=C(c1ccccc1)C(F)(F)c1cccc(C(=O)OCC)c1. The number of hydrogen-bond acceptors (Lipinski definition) is 2. The fourth-order valence-corrected chi connectivity index (χ4v) is 2.05. The Bertz CT molecular complexity index is 678. The van der Waals surface area contributed by atoms with Crippen LogP contribution in [0, 0.1) is 0 Å². The molecule has 0 N–H and O–H groups in total. The molecule has 0 bridgehead atoms. The number of esters is 1. The van der Waals surface area contributed by atoms with Gasteiger partial charge in [-0.15, -0.1) is 0 Å². The van der Waals surface area contributed by atoms with Gasteiger partial charge in [0, 0.05) is 11.1 Å². The molecule has 2 aromatic rings. The Morgan fingerprint density at radius 2 is 1.73 bits per heavy atom. The molecule has 0 spiro atoms. The van der Waals surface area contributed by atoms with Crippen LogP contribution in [0.25, 0.3) is 5.57 Å². The third kappa shape index (κ3) is 3.22. The summed E-state index contributed by atoms with van der Waals surface area (Å²) >= 11 is 0. The average molecular weight is 302 g/mol. The van der Waals surface area contributed by atoms with Crippen LogP contribution in [0.1, 0.15) is 28.4 Å². The molecule has 0 aromatic heterocycles. The number of ether oxygens (including phenoxy) is 1. The molecular formula is C18H16F2O2. The van der Waals surface area contributed by atoms with Crippen molar-refractivity contribution in [2.45, 2.75) is 12.8 Å². The number of alkyl halides is 2. The topological polar surface area (TPSA) is 26.3 Å². The third-order valence-corrected chi connectivity index (χ3v) is 3.24. The van der Waals surface area contributed by atoms with Gasteiger partial charge in [0.25, 0.3) is 5.92 Å². The quantitative estimate of drug-likeness (QED) is 0.750. The maximum atomic E-state index is 14.6. The zero-order valence-electron chi connectivity index (χ0n) is 12.2. The number of rotatable bonds is 5. The van der Waals surface area contributed by atoms with E-state index in [1.807, 2.05) is 0 Å². The first-order chi connectivity index (χ1) is 10.5. The molecule has 0 aliphatic heterocycles. The highest BCUT2D eigenvalue weighted by Crippen LogP contribution is 2.40. The van der Waals surface area contributed by atoms with Gasteiger partial charge in [0.05, 0.1) is 12.2 Å². The summed E-state index contributed by atoms with van der Waals surface area (Å²) in [4.78, 5) is 11.7. The molecule has 0 aliphatic carbocycles. The molecule has 0 atom stereocenters. The second kappa shape index (κ2) is 6.52. The van der Waals surface area contributed by atoms with E-state index in [1.165, 1.54) is 18.2 Å². The lowest BCUT2D eigenvalue weighted by molar-refractivity contribution is 0.0522. The second-order valence-corrected chi connectivity index (χ2v) is 4.72. The van der Waals surface area contributed by atoms with Crippen molar-refractivity contribution in [3.63, 3.8) is 0 Å². The summed E-state index contributed by atoms with van der Waals surface area (Å²) in [5, 5.41) is 0. The number of benzene rings is 2. The molecule has 0 saturated heterocycles. The second-order valence-electron chi connectivity index (χ2n) is 4.72. The molecule has 0 heterocycles. The summed E-state index contributed by atoms with van der Waals surface area (Å²) in [6.07, 6.45) is 0. The van der Waals surface area contributed by atoms with Gasteiger partial charge < -0.3 is 4.74 Å². The van der Waals surface area contributed by atoms with Crippen molar-refractivity contribution in [1.82, 2.24) is 0 Å². The predicted molar refractivity (Wildman–Crippen MR) is 81.8 cm³/mol. The minimum atomic E-state index is -3.27. The summed E-state index contributed by atoms with van der Waals surface area (Å²) in [5.41, 5.74) is -0.144. The summed E-state index contributed by atoms with van der Waals surface area (Å²) in [7, 11) is 0. The Kier molecular flexibility index (Phi) is 4.71. The zero-order chi connectivity index (χ0) is 16.2. The Morgan fingerprint density at radius 1 is 1.09 bits per heavy atom. The molecule has 0 fully saturated rings. The number of allylic oxidation sites excluding steroid dienone is 1. The standard InChI is InChI=1S/C18H16F2O2/c1-3-22-17(21)15-10-7-11-16(12-15)18(19,20)13(2)14-8-5-4-6-9-14/h4-12H,2-3H2,1H3. The summed E-state index contributed by atoms with van der Waals surface area (Å²) < 4.78 is 34.1. The van der Waals surface area contributed by atoms with Gasteiger partial charge in [-0.3, -0.25) is 0 Å². The van der Waals surface area contributed by atoms with Gasteiger partial charge in [0.2, 0.25) is 0 Å². The molecule has 0 amide bonds. The fourth-order valence-electron chi connectivity index (χ4n) is 2.05. The van der Waals surface area contributed by atoms with Crippen molar-refractivity contribution in [3.8, 4) is 0 Å². The van der Waals surface area contributed by atoms with Gasteiger partial charge in [0.1, 0.15) is 0 Å². The Balaban J connectivity index is 2.35. The molecule has 0 saturated carbocycles. The molecule has 2 rings (SSSR count). The first kappa shape index (κ1) is 15.9. The van der Waals surface area contributed by atoms with Gasteiger partial charge in [-0.25, -0.2) is 4.79 Å². The smallest absolute Gasteiger partial charge is 0.338 e. The maximum absolute atomic E-state index is 14.6. The normalized spacial score (nSPS) is 11.0. The van der Waals surface area contributed by atoms with E-state index < -0.39 is 11.9 Å². The number of carbonyl (C=O) groups is 1. The highest BCUT2D eigenvalue weighted by atomic mass is 19.3. The molecule has 4 heteroatoms. The van der Waals surface area contributed by atoms with Crippen LogP contribution >= 0.6 is 0 Å². The van der Waals surface area contributed by atoms with Gasteiger partial charge in [-0.1, -0.05) is 49.0 Å². The summed E-state index contributed by atoms with van der Waals surface area (Å²) in [6.45, 7) is 5.37. The minimum absolute atomic E-state index is 0.0971. The van der Waals surface area contributed by atoms with E-state index in [-0.39, 0.29) is 23.3 Å². The van der Waals surface area contributed by atoms with Gasteiger partial charge in [-0.2, -0.15) is 8.78 Å². The summed E-state index contributed by atoms with van der Waals surface area (Å²) in [6, 6.07) is 13.5. The van der Waals surface area contributed by atoms with E-state index in [0.29, 0.717) is 5.56 Å². The van der Waals surface area contributed by atoms with Crippen LogP contribution in [0.15, 0.2) is 61.2 Å². The van der Waals surface area contributed by atoms with Crippen molar-refractivity contribution in [2.24, 2.45) is 0 Å². The predicted octanol–water partition coefficient (Wildman–Crippen LogP) is 4.67. The Hall–Kier alpha value is -2.49. The van der Waals surface area contributed by atoms with Crippen LogP contribution < -0.4 is 0 Å². The van der Waals surface area contributed by atoms with Gasteiger partial charge >= 0.3 is 5.97 Å². The Morgan fingerprint density at radius 3 is 2.36 bits per heavy atom. The van der Waals surface area contributed by atoms with Gasteiger partial charge in [0.15, 0.2) is 0 Å². The van der Waals surface area contributed by atoms with Crippen molar-refractivity contribution >= 4 is 11.5 Å². The average Bonchev–Trinajstić information content (AvgIpc) is 2.55. The van der Waals surface area contributed by atoms with E-state index >= 15 is 0 Å². The lowest BCUT2D eigenvalue weighted by Crippen LogP contribution is -2.16. The first-order valence-electron chi connectivity index (χ1n) is 6.87. The van der Waals surface area contributed by atoms with E-state index in [4.69, 9.17) is 4.74 Å². The van der Waals surface area contributed by atoms with Crippen LogP contribution in [-0.2, 0) is 10.7 Å². The largest absolute Gasteiger partial charge is 0.462 e. The van der Waals surface area contributed by atoms with Crippen molar-refractivity contribution < 1.29 is 18.3 Å². The molecule has 0 aliphatic rings. The van der Waals surface area contributed by atoms with Crippen LogP contribution in [-0.4, -0.2) is 12.6 Å². The van der Waals surface area contributed by atoms with Crippen molar-refractivity contribution in [2.75, 3.05) is 6.61 Å².